The lowest BCUT2D eigenvalue weighted by molar-refractivity contribution is -0.686. The van der Waals surface area contributed by atoms with Crippen molar-refractivity contribution in [1.82, 2.24) is 0 Å². The number of hydrogen-bond donors (Lipinski definition) is 1. The molecule has 122 valence electrons. The van der Waals surface area contributed by atoms with Crippen LogP contribution in [0.25, 0.3) is 0 Å². The molecular weight excluding hydrogens is 288 g/mol. The van der Waals surface area contributed by atoms with Gasteiger partial charge in [0, 0.05) is 29.9 Å². The smallest absolute Gasteiger partial charge is 0.231 e. The van der Waals surface area contributed by atoms with Crippen LogP contribution in [0, 0.1) is 0 Å². The van der Waals surface area contributed by atoms with Crippen molar-refractivity contribution in [1.29, 1.82) is 0 Å². The number of benzene rings is 2. The van der Waals surface area contributed by atoms with Crippen LogP contribution in [0.15, 0.2) is 42.5 Å². The Morgan fingerprint density at radius 3 is 2.26 bits per heavy atom. The summed E-state index contributed by atoms with van der Waals surface area (Å²) in [5.41, 5.74) is 3.91. The van der Waals surface area contributed by atoms with Gasteiger partial charge in [0.25, 0.3) is 0 Å². The van der Waals surface area contributed by atoms with E-state index in [4.69, 9.17) is 9.47 Å². The number of quaternary nitrogens is 1. The van der Waals surface area contributed by atoms with E-state index < -0.39 is 0 Å². The number of anilines is 1. The molecule has 4 nitrogen and oxygen atoms in total. The van der Waals surface area contributed by atoms with Crippen LogP contribution in [-0.4, -0.2) is 19.9 Å². The largest absolute Gasteiger partial charge is 0.454 e. The van der Waals surface area contributed by atoms with Crippen LogP contribution in [0.1, 0.15) is 25.0 Å². The molecule has 1 aliphatic heterocycles. The SMILES string of the molecule is CCN(CC)c1ccc(C[NH2+]Cc2ccc3c(c2)OCO3)cc1. The highest BCUT2D eigenvalue weighted by molar-refractivity contribution is 5.47. The van der Waals surface area contributed by atoms with Crippen molar-refractivity contribution in [2.45, 2.75) is 26.9 Å². The molecule has 2 aromatic rings. The van der Waals surface area contributed by atoms with E-state index in [9.17, 15) is 0 Å². The number of nitrogens with two attached hydrogens (primary N) is 1. The summed E-state index contributed by atoms with van der Waals surface area (Å²) >= 11 is 0. The molecular formula is C19H25N2O2+. The highest BCUT2D eigenvalue weighted by Crippen LogP contribution is 2.32. The van der Waals surface area contributed by atoms with Crippen LogP contribution in [0.4, 0.5) is 5.69 Å². The third-order valence-electron chi connectivity index (χ3n) is 4.26. The van der Waals surface area contributed by atoms with Crippen molar-refractivity contribution in [2.75, 3.05) is 24.8 Å². The maximum atomic E-state index is 5.42. The summed E-state index contributed by atoms with van der Waals surface area (Å²) in [6, 6.07) is 15.1. The van der Waals surface area contributed by atoms with E-state index in [1.165, 1.54) is 16.8 Å². The Bertz CT molecular complexity index is 636. The number of ether oxygens (including phenoxy) is 2. The Hall–Kier alpha value is -2.20. The Morgan fingerprint density at radius 1 is 0.870 bits per heavy atom. The van der Waals surface area contributed by atoms with Crippen LogP contribution < -0.4 is 19.7 Å². The highest BCUT2D eigenvalue weighted by atomic mass is 16.7. The van der Waals surface area contributed by atoms with E-state index >= 15 is 0 Å². The third kappa shape index (κ3) is 3.77. The van der Waals surface area contributed by atoms with Gasteiger partial charge in [-0.2, -0.15) is 0 Å². The van der Waals surface area contributed by atoms with Gasteiger partial charge in [-0.15, -0.1) is 0 Å². The molecule has 0 atom stereocenters. The average molecular weight is 313 g/mol. The van der Waals surface area contributed by atoms with Gasteiger partial charge < -0.3 is 19.7 Å². The van der Waals surface area contributed by atoms with E-state index in [0.29, 0.717) is 6.79 Å². The molecule has 0 radical (unpaired) electrons. The first kappa shape index (κ1) is 15.7. The minimum Gasteiger partial charge on any atom is -0.454 e. The zero-order valence-electron chi connectivity index (χ0n) is 13.9. The van der Waals surface area contributed by atoms with Gasteiger partial charge in [-0.3, -0.25) is 0 Å². The molecule has 0 amide bonds. The lowest BCUT2D eigenvalue weighted by Gasteiger charge is -2.21. The molecule has 2 aromatic carbocycles. The van der Waals surface area contributed by atoms with Gasteiger partial charge in [0.1, 0.15) is 13.1 Å². The predicted molar refractivity (Wildman–Crippen MR) is 91.9 cm³/mol. The van der Waals surface area contributed by atoms with Gasteiger partial charge in [0.15, 0.2) is 11.5 Å². The first-order chi connectivity index (χ1) is 11.3. The van der Waals surface area contributed by atoms with Gasteiger partial charge in [-0.05, 0) is 44.2 Å². The molecule has 1 aliphatic rings. The van der Waals surface area contributed by atoms with Gasteiger partial charge in [-0.25, -0.2) is 0 Å². The molecule has 2 N–H and O–H groups in total. The fourth-order valence-corrected chi connectivity index (χ4v) is 2.91. The van der Waals surface area contributed by atoms with E-state index in [-0.39, 0.29) is 0 Å². The first-order valence-corrected chi connectivity index (χ1v) is 8.34. The number of rotatable bonds is 7. The van der Waals surface area contributed by atoms with Crippen LogP contribution in [0.5, 0.6) is 11.5 Å². The summed E-state index contributed by atoms with van der Waals surface area (Å²) in [7, 11) is 0. The average Bonchev–Trinajstić information content (AvgIpc) is 3.05. The second kappa shape index (κ2) is 7.38. The minimum atomic E-state index is 0.335. The molecule has 0 unspecified atom stereocenters. The van der Waals surface area contributed by atoms with E-state index in [1.54, 1.807) is 0 Å². The van der Waals surface area contributed by atoms with Crippen molar-refractivity contribution in [3.05, 3.63) is 53.6 Å². The number of nitrogens with zero attached hydrogens (tertiary/aromatic N) is 1. The standard InChI is InChI=1S/C19H24N2O2/c1-3-21(4-2)17-8-5-15(6-9-17)12-20-13-16-7-10-18-19(11-16)23-14-22-18/h5-11,20H,3-4,12-14H2,1-2H3/p+1. The Kier molecular flexibility index (Phi) is 5.03. The summed E-state index contributed by atoms with van der Waals surface area (Å²) < 4.78 is 10.8. The molecule has 0 saturated carbocycles. The Balaban J connectivity index is 1.52. The second-order valence-corrected chi connectivity index (χ2v) is 5.72. The maximum absolute atomic E-state index is 5.42. The topological polar surface area (TPSA) is 38.3 Å². The molecule has 0 aliphatic carbocycles. The molecule has 0 saturated heterocycles. The normalized spacial score (nSPS) is 12.4. The van der Waals surface area contributed by atoms with Crippen molar-refractivity contribution < 1.29 is 14.8 Å². The third-order valence-corrected chi connectivity index (χ3v) is 4.26. The van der Waals surface area contributed by atoms with Gasteiger partial charge in [-0.1, -0.05) is 12.1 Å². The molecule has 3 rings (SSSR count). The second-order valence-electron chi connectivity index (χ2n) is 5.72. The van der Waals surface area contributed by atoms with E-state index in [1.807, 2.05) is 6.07 Å². The summed E-state index contributed by atoms with van der Waals surface area (Å²) in [6.07, 6.45) is 0. The quantitative estimate of drug-likeness (QED) is 0.853. The van der Waals surface area contributed by atoms with Crippen molar-refractivity contribution in [3.63, 3.8) is 0 Å². The number of hydrogen-bond acceptors (Lipinski definition) is 3. The van der Waals surface area contributed by atoms with Crippen LogP contribution in [-0.2, 0) is 13.1 Å². The van der Waals surface area contributed by atoms with Crippen molar-refractivity contribution in [3.8, 4) is 11.5 Å². The first-order valence-electron chi connectivity index (χ1n) is 8.34. The Morgan fingerprint density at radius 2 is 1.52 bits per heavy atom. The lowest BCUT2D eigenvalue weighted by Crippen LogP contribution is -2.80. The molecule has 0 aromatic heterocycles. The van der Waals surface area contributed by atoms with E-state index in [0.717, 1.165) is 37.7 Å². The summed E-state index contributed by atoms with van der Waals surface area (Å²) in [5, 5.41) is 2.31. The van der Waals surface area contributed by atoms with Crippen molar-refractivity contribution in [2.24, 2.45) is 0 Å². The predicted octanol–water partition coefficient (Wildman–Crippen LogP) is 2.53. The van der Waals surface area contributed by atoms with Crippen LogP contribution in [0.3, 0.4) is 0 Å². The monoisotopic (exact) mass is 313 g/mol. The molecule has 0 bridgehead atoms. The van der Waals surface area contributed by atoms with Crippen LogP contribution >= 0.6 is 0 Å². The van der Waals surface area contributed by atoms with Crippen molar-refractivity contribution >= 4 is 5.69 Å². The number of fused-ring (bicyclic) bond motifs is 1. The van der Waals surface area contributed by atoms with Gasteiger partial charge in [0.05, 0.1) is 0 Å². The molecule has 23 heavy (non-hydrogen) atoms. The van der Waals surface area contributed by atoms with Gasteiger partial charge >= 0.3 is 0 Å². The fraction of sp³-hybridized carbons (Fsp3) is 0.368. The fourth-order valence-electron chi connectivity index (χ4n) is 2.91. The van der Waals surface area contributed by atoms with Crippen LogP contribution in [0.2, 0.25) is 0 Å². The summed E-state index contributed by atoms with van der Waals surface area (Å²) in [4.78, 5) is 2.36. The Labute approximate surface area is 138 Å². The maximum Gasteiger partial charge on any atom is 0.231 e. The zero-order valence-corrected chi connectivity index (χ0v) is 13.9. The summed E-state index contributed by atoms with van der Waals surface area (Å²) in [6.45, 7) is 8.73. The zero-order chi connectivity index (χ0) is 16.1. The molecule has 0 fully saturated rings. The molecule has 1 heterocycles. The minimum absolute atomic E-state index is 0.335. The molecule has 0 spiro atoms. The highest BCUT2D eigenvalue weighted by Gasteiger charge is 2.13. The summed E-state index contributed by atoms with van der Waals surface area (Å²) in [5.74, 6) is 1.71. The molecule has 4 heteroatoms. The van der Waals surface area contributed by atoms with E-state index in [2.05, 4.69) is 60.5 Å². The van der Waals surface area contributed by atoms with Gasteiger partial charge in [0.2, 0.25) is 6.79 Å². The lowest BCUT2D eigenvalue weighted by atomic mass is 10.1.